The van der Waals surface area contributed by atoms with Gasteiger partial charge >= 0.3 is 0 Å². The second-order valence-corrected chi connectivity index (χ2v) is 8.35. The molecule has 3 rings (SSSR count). The van der Waals surface area contributed by atoms with E-state index in [1.165, 1.54) is 32.6 Å². The van der Waals surface area contributed by atoms with Crippen molar-refractivity contribution in [3.8, 4) is 5.75 Å². The van der Waals surface area contributed by atoms with Crippen molar-refractivity contribution in [2.45, 2.75) is 18.4 Å². The number of anilines is 1. The highest BCUT2D eigenvalue weighted by molar-refractivity contribution is 7.92. The minimum atomic E-state index is -3.90. The molecule has 1 aromatic heterocycles. The predicted molar refractivity (Wildman–Crippen MR) is 110 cm³/mol. The largest absolute Gasteiger partial charge is 0.495 e. The molecule has 0 spiro atoms. The summed E-state index contributed by atoms with van der Waals surface area (Å²) in [5, 5.41) is 2.74. The van der Waals surface area contributed by atoms with Crippen LogP contribution in [-0.2, 0) is 16.6 Å². The normalized spacial score (nSPS) is 11.1. The molecule has 0 atom stereocenters. The van der Waals surface area contributed by atoms with Gasteiger partial charge in [0, 0.05) is 12.6 Å². The Morgan fingerprint density at radius 3 is 2.59 bits per heavy atom. The standard InChI is InChI=1S/C21H22N2O5S/c1-15-10-11-17(13-18(15)21(24)22-14-16-7-6-12-28-16)29(25,26)23(2)19-8-4-5-9-20(19)27-3/h4-13H,14H2,1-3H3,(H,22,24). The number of sulfonamides is 1. The number of carbonyl (C=O) groups is 1. The van der Waals surface area contributed by atoms with Crippen LogP contribution in [0.1, 0.15) is 21.7 Å². The van der Waals surface area contributed by atoms with Crippen molar-refractivity contribution >= 4 is 21.6 Å². The lowest BCUT2D eigenvalue weighted by molar-refractivity contribution is 0.0947. The smallest absolute Gasteiger partial charge is 0.264 e. The van der Waals surface area contributed by atoms with Gasteiger partial charge in [-0.05, 0) is 48.9 Å². The summed E-state index contributed by atoms with van der Waals surface area (Å²) in [6, 6.07) is 14.8. The Labute approximate surface area is 170 Å². The van der Waals surface area contributed by atoms with Crippen molar-refractivity contribution < 1.29 is 22.4 Å². The van der Waals surface area contributed by atoms with E-state index in [-0.39, 0.29) is 22.9 Å². The van der Waals surface area contributed by atoms with Gasteiger partial charge < -0.3 is 14.5 Å². The highest BCUT2D eigenvalue weighted by Crippen LogP contribution is 2.31. The molecule has 8 heteroatoms. The number of para-hydroxylation sites is 2. The molecule has 152 valence electrons. The molecule has 0 unspecified atom stereocenters. The monoisotopic (exact) mass is 414 g/mol. The van der Waals surface area contributed by atoms with Gasteiger partial charge in [0.1, 0.15) is 11.5 Å². The minimum absolute atomic E-state index is 0.0136. The fraction of sp³-hybridized carbons (Fsp3) is 0.190. The lowest BCUT2D eigenvalue weighted by Crippen LogP contribution is -2.28. The number of aryl methyl sites for hydroxylation is 1. The summed E-state index contributed by atoms with van der Waals surface area (Å²) in [5.41, 5.74) is 1.35. The summed E-state index contributed by atoms with van der Waals surface area (Å²) in [6.07, 6.45) is 1.52. The van der Waals surface area contributed by atoms with Crippen LogP contribution in [0.4, 0.5) is 5.69 Å². The summed E-state index contributed by atoms with van der Waals surface area (Å²) in [7, 11) is -0.974. The molecule has 0 aliphatic heterocycles. The van der Waals surface area contributed by atoms with Crippen molar-refractivity contribution in [1.29, 1.82) is 0 Å². The van der Waals surface area contributed by atoms with Gasteiger partial charge in [-0.2, -0.15) is 0 Å². The van der Waals surface area contributed by atoms with Gasteiger partial charge in [-0.15, -0.1) is 0 Å². The van der Waals surface area contributed by atoms with Crippen LogP contribution in [0, 0.1) is 6.92 Å². The molecule has 1 amide bonds. The van der Waals surface area contributed by atoms with Crippen LogP contribution >= 0.6 is 0 Å². The van der Waals surface area contributed by atoms with Crippen LogP contribution in [0.2, 0.25) is 0 Å². The van der Waals surface area contributed by atoms with Crippen LogP contribution < -0.4 is 14.4 Å². The molecular weight excluding hydrogens is 392 g/mol. The second kappa shape index (κ2) is 8.40. The van der Waals surface area contributed by atoms with E-state index in [9.17, 15) is 13.2 Å². The van der Waals surface area contributed by atoms with E-state index in [1.54, 1.807) is 49.4 Å². The Balaban J connectivity index is 1.90. The van der Waals surface area contributed by atoms with E-state index in [2.05, 4.69) is 5.32 Å². The Morgan fingerprint density at radius 1 is 1.14 bits per heavy atom. The Morgan fingerprint density at radius 2 is 1.90 bits per heavy atom. The number of hydrogen-bond donors (Lipinski definition) is 1. The van der Waals surface area contributed by atoms with E-state index < -0.39 is 10.0 Å². The lowest BCUT2D eigenvalue weighted by atomic mass is 10.1. The first-order valence-electron chi connectivity index (χ1n) is 8.88. The maximum atomic E-state index is 13.2. The van der Waals surface area contributed by atoms with Crippen LogP contribution in [0.25, 0.3) is 0 Å². The zero-order valence-corrected chi connectivity index (χ0v) is 17.2. The first-order chi connectivity index (χ1) is 13.8. The van der Waals surface area contributed by atoms with Gasteiger partial charge in [0.05, 0.1) is 30.5 Å². The Bertz CT molecular complexity index is 1110. The Hall–Kier alpha value is -3.26. The summed E-state index contributed by atoms with van der Waals surface area (Å²) < 4.78 is 37.9. The molecule has 0 radical (unpaired) electrons. The number of methoxy groups -OCH3 is 1. The van der Waals surface area contributed by atoms with Crippen LogP contribution in [-0.4, -0.2) is 28.5 Å². The summed E-state index contributed by atoms with van der Waals surface area (Å²) in [5.74, 6) is 0.661. The van der Waals surface area contributed by atoms with Gasteiger partial charge in [0.25, 0.3) is 15.9 Å². The molecule has 0 saturated heterocycles. The predicted octanol–water partition coefficient (Wildman–Crippen LogP) is 3.35. The minimum Gasteiger partial charge on any atom is -0.495 e. The number of furan rings is 1. The number of amides is 1. The molecule has 0 aliphatic carbocycles. The SMILES string of the molecule is COc1ccccc1N(C)S(=O)(=O)c1ccc(C)c(C(=O)NCc2ccco2)c1. The zero-order chi connectivity index (χ0) is 21.0. The van der Waals surface area contributed by atoms with E-state index in [0.717, 1.165) is 4.31 Å². The molecule has 29 heavy (non-hydrogen) atoms. The molecule has 0 aliphatic rings. The molecule has 0 bridgehead atoms. The first kappa shape index (κ1) is 20.5. The number of benzene rings is 2. The second-order valence-electron chi connectivity index (χ2n) is 6.38. The molecule has 2 aromatic carbocycles. The summed E-state index contributed by atoms with van der Waals surface area (Å²) in [6.45, 7) is 1.96. The maximum absolute atomic E-state index is 13.2. The highest BCUT2D eigenvalue weighted by Gasteiger charge is 2.25. The fourth-order valence-corrected chi connectivity index (χ4v) is 4.09. The third-order valence-corrected chi connectivity index (χ3v) is 6.31. The molecule has 1 heterocycles. The average Bonchev–Trinajstić information content (AvgIpc) is 3.25. The lowest BCUT2D eigenvalue weighted by Gasteiger charge is -2.22. The van der Waals surface area contributed by atoms with Crippen molar-refractivity contribution in [1.82, 2.24) is 5.32 Å². The van der Waals surface area contributed by atoms with Crippen molar-refractivity contribution in [3.05, 3.63) is 77.7 Å². The van der Waals surface area contributed by atoms with Crippen molar-refractivity contribution in [2.24, 2.45) is 0 Å². The number of nitrogens with one attached hydrogen (secondary N) is 1. The molecule has 1 N–H and O–H groups in total. The highest BCUT2D eigenvalue weighted by atomic mass is 32.2. The Kier molecular flexibility index (Phi) is 5.93. The number of rotatable bonds is 7. The van der Waals surface area contributed by atoms with Gasteiger partial charge in [-0.3, -0.25) is 9.10 Å². The van der Waals surface area contributed by atoms with Gasteiger partial charge in [0.15, 0.2) is 0 Å². The van der Waals surface area contributed by atoms with E-state index in [4.69, 9.17) is 9.15 Å². The van der Waals surface area contributed by atoms with Gasteiger partial charge in [0.2, 0.25) is 0 Å². The molecule has 7 nitrogen and oxygen atoms in total. The van der Waals surface area contributed by atoms with Crippen LogP contribution in [0.15, 0.2) is 70.2 Å². The van der Waals surface area contributed by atoms with Crippen LogP contribution in [0.3, 0.4) is 0 Å². The van der Waals surface area contributed by atoms with E-state index >= 15 is 0 Å². The number of carbonyl (C=O) groups excluding carboxylic acids is 1. The van der Waals surface area contributed by atoms with Crippen molar-refractivity contribution in [2.75, 3.05) is 18.5 Å². The number of ether oxygens (including phenoxy) is 1. The molecular formula is C21H22N2O5S. The number of hydrogen-bond acceptors (Lipinski definition) is 5. The topological polar surface area (TPSA) is 88.8 Å². The maximum Gasteiger partial charge on any atom is 0.264 e. The molecule has 0 saturated carbocycles. The van der Waals surface area contributed by atoms with E-state index in [1.807, 2.05) is 0 Å². The number of nitrogens with zero attached hydrogens (tertiary/aromatic N) is 1. The van der Waals surface area contributed by atoms with Gasteiger partial charge in [-0.25, -0.2) is 8.42 Å². The zero-order valence-electron chi connectivity index (χ0n) is 16.4. The quantitative estimate of drug-likeness (QED) is 0.640. The van der Waals surface area contributed by atoms with Crippen molar-refractivity contribution in [3.63, 3.8) is 0 Å². The molecule has 0 fully saturated rings. The van der Waals surface area contributed by atoms with Gasteiger partial charge in [-0.1, -0.05) is 18.2 Å². The molecule has 3 aromatic rings. The van der Waals surface area contributed by atoms with E-state index in [0.29, 0.717) is 22.8 Å². The fourth-order valence-electron chi connectivity index (χ4n) is 2.86. The van der Waals surface area contributed by atoms with Crippen LogP contribution in [0.5, 0.6) is 5.75 Å². The summed E-state index contributed by atoms with van der Waals surface area (Å²) in [4.78, 5) is 12.6. The third-order valence-electron chi connectivity index (χ3n) is 4.54. The first-order valence-corrected chi connectivity index (χ1v) is 10.3. The summed E-state index contributed by atoms with van der Waals surface area (Å²) >= 11 is 0. The third kappa shape index (κ3) is 4.27. The average molecular weight is 414 g/mol.